The molecule has 0 atom stereocenters. The first-order valence-corrected chi connectivity index (χ1v) is 7.60. The second-order valence-corrected chi connectivity index (χ2v) is 5.95. The Hall–Kier alpha value is -2.61. The summed E-state index contributed by atoms with van der Waals surface area (Å²) in [5.74, 6) is 0. The minimum absolute atomic E-state index is 0.777. The van der Waals surface area contributed by atoms with Crippen molar-refractivity contribution in [1.29, 1.82) is 0 Å². The van der Waals surface area contributed by atoms with Crippen molar-refractivity contribution < 1.29 is 4.79 Å². The van der Waals surface area contributed by atoms with Crippen molar-refractivity contribution >= 4 is 22.8 Å². The van der Waals surface area contributed by atoms with Gasteiger partial charge in [0.25, 0.3) is 0 Å². The van der Waals surface area contributed by atoms with Gasteiger partial charge in [-0.25, -0.2) is 0 Å². The SMILES string of the molecule is Cc1ccc2c(c1)CC=C2Cc1[nH]c2ccccc2c1C=O. The van der Waals surface area contributed by atoms with Gasteiger partial charge in [-0.15, -0.1) is 0 Å². The zero-order chi connectivity index (χ0) is 15.1. The van der Waals surface area contributed by atoms with E-state index in [1.54, 1.807) is 0 Å². The Morgan fingerprint density at radius 2 is 2.05 bits per heavy atom. The molecule has 0 radical (unpaired) electrons. The summed E-state index contributed by atoms with van der Waals surface area (Å²) in [5.41, 5.74) is 8.15. The number of carbonyl (C=O) groups excluding carboxylic acids is 1. The molecular weight excluding hydrogens is 270 g/mol. The van der Waals surface area contributed by atoms with Gasteiger partial charge in [-0.1, -0.05) is 48.0 Å². The summed E-state index contributed by atoms with van der Waals surface area (Å²) in [6.45, 7) is 2.13. The lowest BCUT2D eigenvalue weighted by Gasteiger charge is -2.06. The number of aldehydes is 1. The topological polar surface area (TPSA) is 32.9 Å². The normalized spacial score (nSPS) is 13.2. The molecule has 108 valence electrons. The van der Waals surface area contributed by atoms with Gasteiger partial charge in [0.15, 0.2) is 6.29 Å². The Labute approximate surface area is 129 Å². The molecule has 4 rings (SSSR count). The maximum absolute atomic E-state index is 11.5. The molecule has 22 heavy (non-hydrogen) atoms. The molecule has 0 unspecified atom stereocenters. The molecule has 1 aliphatic carbocycles. The third kappa shape index (κ3) is 2.00. The lowest BCUT2D eigenvalue weighted by atomic mass is 9.99. The molecule has 1 aliphatic rings. The van der Waals surface area contributed by atoms with E-state index in [4.69, 9.17) is 0 Å². The summed E-state index contributed by atoms with van der Waals surface area (Å²) in [6.07, 6.45) is 5.02. The van der Waals surface area contributed by atoms with Crippen LogP contribution in [0.5, 0.6) is 0 Å². The van der Waals surface area contributed by atoms with Gasteiger partial charge in [-0.3, -0.25) is 4.79 Å². The maximum atomic E-state index is 11.5. The van der Waals surface area contributed by atoms with E-state index in [9.17, 15) is 4.79 Å². The van der Waals surface area contributed by atoms with Crippen LogP contribution in [0, 0.1) is 6.92 Å². The van der Waals surface area contributed by atoms with Crippen molar-refractivity contribution in [2.75, 3.05) is 0 Å². The molecule has 2 aromatic carbocycles. The Bertz CT molecular complexity index is 915. The summed E-state index contributed by atoms with van der Waals surface area (Å²) in [7, 11) is 0. The lowest BCUT2D eigenvalue weighted by Crippen LogP contribution is -1.94. The minimum Gasteiger partial charge on any atom is -0.358 e. The van der Waals surface area contributed by atoms with Crippen molar-refractivity contribution in [2.24, 2.45) is 0 Å². The van der Waals surface area contributed by atoms with E-state index in [1.807, 2.05) is 24.3 Å². The first-order valence-electron chi connectivity index (χ1n) is 7.60. The number of benzene rings is 2. The fourth-order valence-corrected chi connectivity index (χ4v) is 3.40. The van der Waals surface area contributed by atoms with Crippen LogP contribution in [0.15, 0.2) is 48.5 Å². The number of hydrogen-bond donors (Lipinski definition) is 1. The van der Waals surface area contributed by atoms with Crippen molar-refractivity contribution in [2.45, 2.75) is 19.8 Å². The highest BCUT2D eigenvalue weighted by Crippen LogP contribution is 2.32. The van der Waals surface area contributed by atoms with Gasteiger partial charge in [-0.2, -0.15) is 0 Å². The number of allylic oxidation sites excluding steroid dienone is 2. The summed E-state index contributed by atoms with van der Waals surface area (Å²) >= 11 is 0. The first kappa shape index (κ1) is 13.1. The Balaban J connectivity index is 1.75. The third-order valence-corrected chi connectivity index (χ3v) is 4.49. The van der Waals surface area contributed by atoms with Gasteiger partial charge in [0, 0.05) is 28.6 Å². The number of aryl methyl sites for hydroxylation is 1. The number of fused-ring (bicyclic) bond motifs is 2. The number of hydrogen-bond acceptors (Lipinski definition) is 1. The summed E-state index contributed by atoms with van der Waals surface area (Å²) < 4.78 is 0. The van der Waals surface area contributed by atoms with Gasteiger partial charge >= 0.3 is 0 Å². The van der Waals surface area contributed by atoms with Crippen molar-refractivity contribution in [3.63, 3.8) is 0 Å². The Morgan fingerprint density at radius 3 is 2.91 bits per heavy atom. The number of nitrogens with one attached hydrogen (secondary N) is 1. The minimum atomic E-state index is 0.777. The van der Waals surface area contributed by atoms with Crippen LogP contribution in [0.25, 0.3) is 16.5 Å². The fraction of sp³-hybridized carbons (Fsp3) is 0.150. The molecule has 0 bridgehead atoms. The van der Waals surface area contributed by atoms with Gasteiger partial charge < -0.3 is 4.98 Å². The van der Waals surface area contributed by atoms with Crippen LogP contribution in [0.3, 0.4) is 0 Å². The average molecular weight is 287 g/mol. The van der Waals surface area contributed by atoms with Crippen LogP contribution in [-0.4, -0.2) is 11.3 Å². The molecule has 0 saturated heterocycles. The van der Waals surface area contributed by atoms with Crippen LogP contribution in [-0.2, 0) is 12.8 Å². The highest BCUT2D eigenvalue weighted by molar-refractivity contribution is 5.99. The number of aromatic nitrogens is 1. The van der Waals surface area contributed by atoms with Crippen LogP contribution >= 0.6 is 0 Å². The predicted molar refractivity (Wildman–Crippen MR) is 90.3 cm³/mol. The fourth-order valence-electron chi connectivity index (χ4n) is 3.40. The number of rotatable bonds is 3. The van der Waals surface area contributed by atoms with Crippen molar-refractivity contribution in [1.82, 2.24) is 4.98 Å². The second kappa shape index (κ2) is 4.99. The van der Waals surface area contributed by atoms with E-state index in [1.165, 1.54) is 22.3 Å². The molecule has 1 aromatic heterocycles. The standard InChI is InChI=1S/C20H17NO/c1-13-6-9-16-14(10-13)7-8-15(16)11-20-18(12-22)17-4-2-3-5-19(17)21-20/h2-6,8-10,12,21H,7,11H2,1H3. The maximum Gasteiger partial charge on any atom is 0.152 e. The highest BCUT2D eigenvalue weighted by Gasteiger charge is 2.17. The van der Waals surface area contributed by atoms with Crippen molar-refractivity contribution in [3.8, 4) is 0 Å². The number of H-pyrrole nitrogens is 1. The van der Waals surface area contributed by atoms with Crippen LogP contribution in [0.2, 0.25) is 0 Å². The number of carbonyl (C=O) groups is 1. The molecule has 2 heteroatoms. The average Bonchev–Trinajstić information content (AvgIpc) is 3.08. The third-order valence-electron chi connectivity index (χ3n) is 4.49. The molecule has 0 saturated carbocycles. The van der Waals surface area contributed by atoms with Gasteiger partial charge in [-0.05, 0) is 36.1 Å². The molecule has 2 nitrogen and oxygen atoms in total. The molecule has 1 heterocycles. The summed E-state index contributed by atoms with van der Waals surface area (Å²) in [4.78, 5) is 14.9. The molecule has 0 spiro atoms. The molecule has 0 amide bonds. The van der Waals surface area contributed by atoms with Crippen molar-refractivity contribution in [3.05, 3.63) is 76.5 Å². The van der Waals surface area contributed by atoms with Crippen LogP contribution in [0.1, 0.15) is 32.7 Å². The van der Waals surface area contributed by atoms with Gasteiger partial charge in [0.1, 0.15) is 0 Å². The lowest BCUT2D eigenvalue weighted by molar-refractivity contribution is 0.112. The first-order chi connectivity index (χ1) is 10.8. The summed E-state index contributed by atoms with van der Waals surface area (Å²) in [6, 6.07) is 14.6. The van der Waals surface area contributed by atoms with Gasteiger partial charge in [0.2, 0.25) is 0 Å². The van der Waals surface area contributed by atoms with Crippen LogP contribution < -0.4 is 0 Å². The van der Waals surface area contributed by atoms with E-state index in [0.29, 0.717) is 0 Å². The van der Waals surface area contributed by atoms with E-state index in [2.05, 4.69) is 36.2 Å². The monoisotopic (exact) mass is 287 g/mol. The number of aromatic amines is 1. The molecule has 1 N–H and O–H groups in total. The largest absolute Gasteiger partial charge is 0.358 e. The number of para-hydroxylation sites is 1. The van der Waals surface area contributed by atoms with E-state index in [0.717, 1.165) is 41.3 Å². The molecule has 0 aliphatic heterocycles. The van der Waals surface area contributed by atoms with E-state index < -0.39 is 0 Å². The zero-order valence-electron chi connectivity index (χ0n) is 12.5. The Kier molecular flexibility index (Phi) is 2.97. The quantitative estimate of drug-likeness (QED) is 0.708. The predicted octanol–water partition coefficient (Wildman–Crippen LogP) is 4.47. The molecule has 0 fully saturated rings. The van der Waals surface area contributed by atoms with Gasteiger partial charge in [0.05, 0.1) is 0 Å². The second-order valence-electron chi connectivity index (χ2n) is 5.95. The Morgan fingerprint density at radius 1 is 1.18 bits per heavy atom. The van der Waals surface area contributed by atoms with Crippen LogP contribution in [0.4, 0.5) is 0 Å². The highest BCUT2D eigenvalue weighted by atomic mass is 16.1. The molecular formula is C20H17NO. The molecule has 3 aromatic rings. The van der Waals surface area contributed by atoms with E-state index in [-0.39, 0.29) is 0 Å². The zero-order valence-corrected chi connectivity index (χ0v) is 12.5. The summed E-state index contributed by atoms with van der Waals surface area (Å²) in [5, 5.41) is 1.01. The van der Waals surface area contributed by atoms with E-state index >= 15 is 0 Å². The smallest absolute Gasteiger partial charge is 0.152 e.